The summed E-state index contributed by atoms with van der Waals surface area (Å²) in [6.45, 7) is 2.13. The maximum absolute atomic E-state index is 12.8. The lowest BCUT2D eigenvalue weighted by Crippen LogP contribution is -2.30. The van der Waals surface area contributed by atoms with Crippen LogP contribution in [0.1, 0.15) is 36.5 Å². The van der Waals surface area contributed by atoms with Crippen LogP contribution in [0.15, 0.2) is 53.0 Å². The fourth-order valence-electron chi connectivity index (χ4n) is 4.10. The van der Waals surface area contributed by atoms with E-state index >= 15 is 0 Å². The number of hydrogen-bond donors (Lipinski definition) is 0. The third kappa shape index (κ3) is 3.37. The van der Waals surface area contributed by atoms with Crippen molar-refractivity contribution in [3.8, 4) is 5.75 Å². The SMILES string of the molecule is C[C@H]1CC[C@H]2C(=O)N(c3ccc(OC(=O)c4ccccc4Br)cc3)C(=O)[C@@H]2C1. The summed E-state index contributed by atoms with van der Waals surface area (Å²) >= 11 is 3.33. The van der Waals surface area contributed by atoms with Gasteiger partial charge in [-0.1, -0.05) is 19.1 Å². The van der Waals surface area contributed by atoms with Gasteiger partial charge in [0.2, 0.25) is 11.8 Å². The summed E-state index contributed by atoms with van der Waals surface area (Å²) < 4.78 is 6.06. The van der Waals surface area contributed by atoms with Gasteiger partial charge in [0.15, 0.2) is 0 Å². The second kappa shape index (κ2) is 7.51. The molecule has 0 unspecified atom stereocenters. The largest absolute Gasteiger partial charge is 0.423 e. The van der Waals surface area contributed by atoms with Gasteiger partial charge in [-0.05, 0) is 77.5 Å². The lowest BCUT2D eigenvalue weighted by atomic mass is 9.76. The van der Waals surface area contributed by atoms with Crippen LogP contribution in [0.3, 0.4) is 0 Å². The van der Waals surface area contributed by atoms with Crippen molar-refractivity contribution >= 4 is 39.4 Å². The predicted molar refractivity (Wildman–Crippen MR) is 108 cm³/mol. The van der Waals surface area contributed by atoms with Crippen LogP contribution in [0, 0.1) is 17.8 Å². The fourth-order valence-corrected chi connectivity index (χ4v) is 4.54. The molecule has 144 valence electrons. The number of benzene rings is 2. The van der Waals surface area contributed by atoms with Gasteiger partial charge in [-0.25, -0.2) is 4.79 Å². The molecule has 2 aromatic carbocycles. The van der Waals surface area contributed by atoms with E-state index in [1.807, 2.05) is 6.07 Å². The molecule has 1 aliphatic carbocycles. The Balaban J connectivity index is 1.51. The van der Waals surface area contributed by atoms with Gasteiger partial charge in [0, 0.05) is 4.47 Å². The molecule has 28 heavy (non-hydrogen) atoms. The number of ether oxygens (including phenoxy) is 1. The van der Waals surface area contributed by atoms with E-state index in [-0.39, 0.29) is 23.7 Å². The third-order valence-corrected chi connectivity index (χ3v) is 6.28. The Bertz CT molecular complexity index is 940. The fraction of sp³-hybridized carbons (Fsp3) is 0.318. The average Bonchev–Trinajstić information content (AvgIpc) is 2.93. The standard InChI is InChI=1S/C22H20BrNO4/c1-13-6-11-16-18(12-13)21(26)24(20(16)25)14-7-9-15(10-8-14)28-22(27)17-4-2-3-5-19(17)23/h2-5,7-10,13,16,18H,6,11-12H2,1H3/t13-,16+,18+/m0/s1. The molecule has 2 aliphatic rings. The Hall–Kier alpha value is -2.47. The summed E-state index contributed by atoms with van der Waals surface area (Å²) in [5.41, 5.74) is 0.951. The maximum atomic E-state index is 12.8. The molecule has 2 amide bonds. The zero-order valence-corrected chi connectivity index (χ0v) is 17.0. The van der Waals surface area contributed by atoms with Crippen LogP contribution in [0.2, 0.25) is 0 Å². The van der Waals surface area contributed by atoms with Gasteiger partial charge in [-0.2, -0.15) is 0 Å². The minimum atomic E-state index is -0.478. The number of imide groups is 1. The number of carbonyl (C=O) groups excluding carboxylic acids is 3. The van der Waals surface area contributed by atoms with E-state index in [1.165, 1.54) is 4.90 Å². The lowest BCUT2D eigenvalue weighted by Gasteiger charge is -2.25. The van der Waals surface area contributed by atoms with Crippen molar-refractivity contribution in [2.75, 3.05) is 4.90 Å². The molecule has 0 spiro atoms. The van der Waals surface area contributed by atoms with Gasteiger partial charge in [-0.15, -0.1) is 0 Å². The average molecular weight is 442 g/mol. The van der Waals surface area contributed by atoms with E-state index in [0.29, 0.717) is 27.4 Å². The molecule has 4 rings (SSSR count). The minimum absolute atomic E-state index is 0.111. The highest BCUT2D eigenvalue weighted by Gasteiger charge is 2.49. The van der Waals surface area contributed by atoms with E-state index in [2.05, 4.69) is 22.9 Å². The van der Waals surface area contributed by atoms with Crippen LogP contribution in [-0.2, 0) is 9.59 Å². The summed E-state index contributed by atoms with van der Waals surface area (Å²) in [5.74, 6) is -0.277. The highest BCUT2D eigenvalue weighted by Crippen LogP contribution is 2.42. The van der Waals surface area contributed by atoms with Crippen LogP contribution in [-0.4, -0.2) is 17.8 Å². The molecule has 1 saturated carbocycles. The summed E-state index contributed by atoms with van der Waals surface area (Å²) in [5, 5.41) is 0. The number of rotatable bonds is 3. The highest BCUT2D eigenvalue weighted by atomic mass is 79.9. The van der Waals surface area contributed by atoms with Crippen molar-refractivity contribution in [3.63, 3.8) is 0 Å². The first-order chi connectivity index (χ1) is 13.5. The van der Waals surface area contributed by atoms with Crippen molar-refractivity contribution in [1.82, 2.24) is 0 Å². The molecule has 0 N–H and O–H groups in total. The molecule has 5 nitrogen and oxygen atoms in total. The first-order valence-corrected chi connectivity index (χ1v) is 10.2. The van der Waals surface area contributed by atoms with Gasteiger partial charge in [0.25, 0.3) is 0 Å². The first kappa shape index (κ1) is 18.9. The van der Waals surface area contributed by atoms with Crippen LogP contribution in [0.25, 0.3) is 0 Å². The molecule has 0 radical (unpaired) electrons. The van der Waals surface area contributed by atoms with Crippen molar-refractivity contribution in [3.05, 3.63) is 58.6 Å². The maximum Gasteiger partial charge on any atom is 0.344 e. The second-order valence-corrected chi connectivity index (χ2v) is 8.36. The van der Waals surface area contributed by atoms with E-state index < -0.39 is 5.97 Å². The molecular formula is C22H20BrNO4. The number of halogens is 1. The van der Waals surface area contributed by atoms with E-state index in [4.69, 9.17) is 4.74 Å². The van der Waals surface area contributed by atoms with E-state index in [1.54, 1.807) is 42.5 Å². The van der Waals surface area contributed by atoms with Gasteiger partial charge in [0.05, 0.1) is 23.1 Å². The molecular weight excluding hydrogens is 422 g/mol. The van der Waals surface area contributed by atoms with Crippen LogP contribution >= 0.6 is 15.9 Å². The van der Waals surface area contributed by atoms with Gasteiger partial charge < -0.3 is 4.74 Å². The van der Waals surface area contributed by atoms with E-state index in [0.717, 1.165) is 19.3 Å². The number of esters is 1. The number of anilines is 1. The molecule has 3 atom stereocenters. The van der Waals surface area contributed by atoms with Crippen molar-refractivity contribution in [1.29, 1.82) is 0 Å². The molecule has 1 saturated heterocycles. The number of hydrogen-bond acceptors (Lipinski definition) is 4. The van der Waals surface area contributed by atoms with Gasteiger partial charge in [-0.3, -0.25) is 14.5 Å². The Kier molecular flexibility index (Phi) is 5.06. The summed E-state index contributed by atoms with van der Waals surface area (Å²) in [6, 6.07) is 13.5. The number of fused-ring (bicyclic) bond motifs is 1. The summed E-state index contributed by atoms with van der Waals surface area (Å²) in [6.07, 6.45) is 2.53. The summed E-state index contributed by atoms with van der Waals surface area (Å²) in [7, 11) is 0. The molecule has 1 heterocycles. The number of carbonyl (C=O) groups is 3. The monoisotopic (exact) mass is 441 g/mol. The van der Waals surface area contributed by atoms with Crippen molar-refractivity contribution < 1.29 is 19.1 Å². The van der Waals surface area contributed by atoms with Crippen LogP contribution < -0.4 is 9.64 Å². The van der Waals surface area contributed by atoms with Crippen molar-refractivity contribution in [2.24, 2.45) is 17.8 Å². The third-order valence-electron chi connectivity index (χ3n) is 5.59. The number of amides is 2. The Morgan fingerprint density at radius 1 is 1.00 bits per heavy atom. The van der Waals surface area contributed by atoms with Gasteiger partial charge >= 0.3 is 5.97 Å². The normalized spacial score (nSPS) is 24.2. The zero-order valence-electron chi connectivity index (χ0n) is 15.4. The smallest absolute Gasteiger partial charge is 0.344 e. The first-order valence-electron chi connectivity index (χ1n) is 9.40. The molecule has 1 aliphatic heterocycles. The highest BCUT2D eigenvalue weighted by molar-refractivity contribution is 9.10. The second-order valence-electron chi connectivity index (χ2n) is 7.51. The lowest BCUT2D eigenvalue weighted by molar-refractivity contribution is -0.122. The van der Waals surface area contributed by atoms with Crippen LogP contribution in [0.5, 0.6) is 5.75 Å². The molecule has 0 aromatic heterocycles. The zero-order chi connectivity index (χ0) is 19.8. The molecule has 6 heteroatoms. The Morgan fingerprint density at radius 2 is 1.68 bits per heavy atom. The Morgan fingerprint density at radius 3 is 2.39 bits per heavy atom. The topological polar surface area (TPSA) is 63.7 Å². The van der Waals surface area contributed by atoms with Crippen molar-refractivity contribution in [2.45, 2.75) is 26.2 Å². The minimum Gasteiger partial charge on any atom is -0.423 e. The number of nitrogens with zero attached hydrogens (tertiary/aromatic N) is 1. The quantitative estimate of drug-likeness (QED) is 0.396. The Labute approximate surface area is 171 Å². The summed E-state index contributed by atoms with van der Waals surface area (Å²) in [4.78, 5) is 39.2. The van der Waals surface area contributed by atoms with Crippen LogP contribution in [0.4, 0.5) is 5.69 Å². The van der Waals surface area contributed by atoms with E-state index in [9.17, 15) is 14.4 Å². The van der Waals surface area contributed by atoms with Gasteiger partial charge in [0.1, 0.15) is 5.75 Å². The molecule has 2 fully saturated rings. The predicted octanol–water partition coefficient (Wildman–Crippen LogP) is 4.59. The molecule has 2 aromatic rings. The molecule has 0 bridgehead atoms.